The molecule has 0 spiro atoms. The molecule has 19 heavy (non-hydrogen) atoms. The Bertz CT molecular complexity index is 423. The van der Waals surface area contributed by atoms with Gasteiger partial charge in [-0.25, -0.2) is 0 Å². The maximum Gasteiger partial charge on any atom is 0.416 e. The highest BCUT2D eigenvalue weighted by atomic mass is 79.9. The van der Waals surface area contributed by atoms with E-state index in [1.165, 1.54) is 12.1 Å². The smallest absolute Gasteiger partial charge is 0.345 e. The molecule has 0 aliphatic carbocycles. The van der Waals surface area contributed by atoms with Crippen LogP contribution in [-0.2, 0) is 21.4 Å². The summed E-state index contributed by atoms with van der Waals surface area (Å²) in [6.07, 6.45) is -4.33. The summed E-state index contributed by atoms with van der Waals surface area (Å²) in [5.74, 6) is -0.710. The van der Waals surface area contributed by atoms with Crippen molar-refractivity contribution in [2.24, 2.45) is 5.92 Å². The van der Waals surface area contributed by atoms with Crippen molar-refractivity contribution >= 4 is 15.9 Å². The van der Waals surface area contributed by atoms with Crippen molar-refractivity contribution in [3.63, 3.8) is 0 Å². The molecule has 0 radical (unpaired) electrons. The normalized spacial score (nSPS) is 28.4. The molecule has 0 bridgehead atoms. The molecule has 106 valence electrons. The zero-order chi connectivity index (χ0) is 14.1. The fraction of sp³-hybridized carbons (Fsp3) is 0.538. The lowest BCUT2D eigenvalue weighted by molar-refractivity contribution is -0.275. The fourth-order valence-corrected chi connectivity index (χ4v) is 2.53. The Morgan fingerprint density at radius 1 is 1.21 bits per heavy atom. The predicted molar refractivity (Wildman–Crippen MR) is 68.0 cm³/mol. The first-order chi connectivity index (χ1) is 8.87. The third-order valence-electron chi connectivity index (χ3n) is 3.03. The minimum absolute atomic E-state index is 0.279. The summed E-state index contributed by atoms with van der Waals surface area (Å²) >= 11 is 3.31. The molecule has 1 fully saturated rings. The van der Waals surface area contributed by atoms with Crippen LogP contribution < -0.4 is 0 Å². The zero-order valence-electron chi connectivity index (χ0n) is 10.3. The SMILES string of the molecule is CC1COC(CBr)(c2ccc(C(F)(F)F)cc2)OC1. The quantitative estimate of drug-likeness (QED) is 0.760. The molecule has 0 amide bonds. The van der Waals surface area contributed by atoms with Gasteiger partial charge in [-0.05, 0) is 12.1 Å². The molecule has 0 unspecified atom stereocenters. The van der Waals surface area contributed by atoms with Crippen LogP contribution in [0.5, 0.6) is 0 Å². The second-order valence-corrected chi connectivity index (χ2v) is 5.25. The van der Waals surface area contributed by atoms with Crippen molar-refractivity contribution in [1.82, 2.24) is 0 Å². The van der Waals surface area contributed by atoms with Gasteiger partial charge in [-0.15, -0.1) is 0 Å². The molecule has 0 aromatic heterocycles. The van der Waals surface area contributed by atoms with Crippen LogP contribution in [0.1, 0.15) is 18.1 Å². The van der Waals surface area contributed by atoms with Gasteiger partial charge in [0.25, 0.3) is 0 Å². The fourth-order valence-electron chi connectivity index (χ4n) is 1.88. The Kier molecular flexibility index (Phi) is 4.23. The molecule has 2 nitrogen and oxygen atoms in total. The topological polar surface area (TPSA) is 18.5 Å². The molecule has 1 aromatic rings. The Morgan fingerprint density at radius 3 is 2.16 bits per heavy atom. The summed E-state index contributed by atoms with van der Waals surface area (Å²) in [6, 6.07) is 4.90. The Labute approximate surface area is 118 Å². The number of hydrogen-bond acceptors (Lipinski definition) is 2. The van der Waals surface area contributed by atoms with Crippen LogP contribution in [0.3, 0.4) is 0 Å². The molecule has 0 N–H and O–H groups in total. The molecule has 1 aromatic carbocycles. The summed E-state index contributed by atoms with van der Waals surface area (Å²) in [4.78, 5) is 0. The standard InChI is InChI=1S/C13H14BrF3O2/c1-9-6-18-12(8-14,19-7-9)10-2-4-11(5-3-10)13(15,16)17/h2-5,9H,6-8H2,1H3. The van der Waals surface area contributed by atoms with Gasteiger partial charge in [0, 0.05) is 11.5 Å². The highest BCUT2D eigenvalue weighted by Gasteiger charge is 2.38. The van der Waals surface area contributed by atoms with E-state index in [2.05, 4.69) is 15.9 Å². The molecule has 2 rings (SSSR count). The van der Waals surface area contributed by atoms with E-state index in [1.54, 1.807) is 0 Å². The van der Waals surface area contributed by atoms with Crippen molar-refractivity contribution in [2.45, 2.75) is 18.9 Å². The molecule has 0 saturated carbocycles. The molecule has 1 aliphatic rings. The number of benzene rings is 1. The Morgan fingerprint density at radius 2 is 1.74 bits per heavy atom. The average Bonchev–Trinajstić information content (AvgIpc) is 2.39. The van der Waals surface area contributed by atoms with Crippen LogP contribution in [0.2, 0.25) is 0 Å². The van der Waals surface area contributed by atoms with Gasteiger partial charge in [0.05, 0.1) is 24.1 Å². The number of halogens is 4. The lowest BCUT2D eigenvalue weighted by atomic mass is 10.0. The van der Waals surface area contributed by atoms with Crippen molar-refractivity contribution < 1.29 is 22.6 Å². The van der Waals surface area contributed by atoms with Crippen LogP contribution in [0.25, 0.3) is 0 Å². The third-order valence-corrected chi connectivity index (χ3v) is 3.77. The van der Waals surface area contributed by atoms with E-state index in [9.17, 15) is 13.2 Å². The van der Waals surface area contributed by atoms with Gasteiger partial charge in [-0.1, -0.05) is 35.0 Å². The first kappa shape index (κ1) is 14.8. The second kappa shape index (κ2) is 5.42. The van der Waals surface area contributed by atoms with Crippen LogP contribution in [0.4, 0.5) is 13.2 Å². The van der Waals surface area contributed by atoms with Crippen LogP contribution in [0, 0.1) is 5.92 Å². The highest BCUT2D eigenvalue weighted by Crippen LogP contribution is 2.36. The van der Waals surface area contributed by atoms with E-state index in [-0.39, 0.29) is 5.92 Å². The molecule has 1 aliphatic heterocycles. The van der Waals surface area contributed by atoms with E-state index in [0.29, 0.717) is 24.1 Å². The van der Waals surface area contributed by atoms with Crippen molar-refractivity contribution in [1.29, 1.82) is 0 Å². The first-order valence-corrected chi connectivity index (χ1v) is 7.01. The largest absolute Gasteiger partial charge is 0.416 e. The molecule has 6 heteroatoms. The van der Waals surface area contributed by atoms with E-state index in [1.807, 2.05) is 6.92 Å². The molecule has 0 atom stereocenters. The highest BCUT2D eigenvalue weighted by molar-refractivity contribution is 9.09. The third kappa shape index (κ3) is 3.12. The molecular weight excluding hydrogens is 325 g/mol. The average molecular weight is 339 g/mol. The number of hydrogen-bond donors (Lipinski definition) is 0. The van der Waals surface area contributed by atoms with Gasteiger partial charge < -0.3 is 9.47 Å². The number of alkyl halides is 4. The molecular formula is C13H14BrF3O2. The van der Waals surface area contributed by atoms with E-state index >= 15 is 0 Å². The van der Waals surface area contributed by atoms with Gasteiger partial charge in [-0.2, -0.15) is 13.2 Å². The summed E-state index contributed by atoms with van der Waals surface area (Å²) in [5, 5.41) is 0.373. The summed E-state index contributed by atoms with van der Waals surface area (Å²) in [7, 11) is 0. The van der Waals surface area contributed by atoms with E-state index in [4.69, 9.17) is 9.47 Å². The van der Waals surface area contributed by atoms with Gasteiger partial charge in [-0.3, -0.25) is 0 Å². The maximum atomic E-state index is 12.5. The van der Waals surface area contributed by atoms with Gasteiger partial charge in [0.15, 0.2) is 0 Å². The summed E-state index contributed by atoms with van der Waals surface area (Å²) in [6.45, 7) is 3.03. The van der Waals surface area contributed by atoms with Crippen molar-refractivity contribution in [2.75, 3.05) is 18.5 Å². The summed E-state index contributed by atoms with van der Waals surface area (Å²) in [5.41, 5.74) is -0.0885. The Hall–Kier alpha value is -0.590. The van der Waals surface area contributed by atoms with Gasteiger partial charge in [0.1, 0.15) is 0 Å². The van der Waals surface area contributed by atoms with Crippen molar-refractivity contribution in [3.05, 3.63) is 35.4 Å². The van der Waals surface area contributed by atoms with Gasteiger partial charge in [0.2, 0.25) is 5.79 Å². The van der Waals surface area contributed by atoms with Crippen LogP contribution >= 0.6 is 15.9 Å². The lowest BCUT2D eigenvalue weighted by Crippen LogP contribution is -2.42. The second-order valence-electron chi connectivity index (χ2n) is 4.69. The van der Waals surface area contributed by atoms with E-state index < -0.39 is 17.5 Å². The first-order valence-electron chi connectivity index (χ1n) is 5.89. The predicted octanol–water partition coefficient (Wildman–Crippen LogP) is 3.94. The minimum atomic E-state index is -4.33. The number of rotatable bonds is 2. The number of ether oxygens (including phenoxy) is 2. The lowest BCUT2D eigenvalue weighted by Gasteiger charge is -2.38. The van der Waals surface area contributed by atoms with E-state index in [0.717, 1.165) is 12.1 Å². The zero-order valence-corrected chi connectivity index (χ0v) is 11.9. The minimum Gasteiger partial charge on any atom is -0.345 e. The van der Waals surface area contributed by atoms with Gasteiger partial charge >= 0.3 is 6.18 Å². The monoisotopic (exact) mass is 338 g/mol. The van der Waals surface area contributed by atoms with Crippen LogP contribution in [-0.4, -0.2) is 18.5 Å². The molecule has 1 heterocycles. The summed E-state index contributed by atoms with van der Waals surface area (Å²) < 4.78 is 48.9. The van der Waals surface area contributed by atoms with Crippen molar-refractivity contribution in [3.8, 4) is 0 Å². The maximum absolute atomic E-state index is 12.5. The molecule has 1 saturated heterocycles. The Balaban J connectivity index is 2.25. The van der Waals surface area contributed by atoms with Crippen LogP contribution in [0.15, 0.2) is 24.3 Å².